The molecule has 256 valence electrons. The third-order valence-corrected chi connectivity index (χ3v) is 10.6. The number of hydrogen-bond donors (Lipinski definition) is 4. The highest BCUT2D eigenvalue weighted by Crippen LogP contribution is 2.45. The minimum absolute atomic E-state index is 0.00880. The Morgan fingerprint density at radius 2 is 1.96 bits per heavy atom. The number of thioether (sulfide) groups is 1. The van der Waals surface area contributed by atoms with E-state index in [2.05, 4.69) is 19.7 Å². The number of nitrogens with zero attached hydrogens (tertiary/aromatic N) is 6. The van der Waals surface area contributed by atoms with Crippen LogP contribution in [0.15, 0.2) is 58.3 Å². The van der Waals surface area contributed by atoms with E-state index < -0.39 is 40.5 Å². The van der Waals surface area contributed by atoms with Gasteiger partial charge in [0, 0.05) is 41.8 Å². The number of ketones is 1. The highest BCUT2D eigenvalue weighted by molar-refractivity contribution is 8.00. The third-order valence-electron chi connectivity index (χ3n) is 8.53. The van der Waals surface area contributed by atoms with Crippen LogP contribution in [0.25, 0.3) is 0 Å². The van der Waals surface area contributed by atoms with E-state index >= 15 is 0 Å². The number of carbonyl (C=O) groups is 4. The van der Waals surface area contributed by atoms with E-state index in [1.54, 1.807) is 0 Å². The van der Waals surface area contributed by atoms with Crippen LogP contribution in [-0.2, 0) is 43.7 Å². The van der Waals surface area contributed by atoms with Crippen LogP contribution in [0.3, 0.4) is 0 Å². The number of benzene rings is 1. The highest BCUT2D eigenvalue weighted by Gasteiger charge is 2.53. The Morgan fingerprint density at radius 3 is 2.59 bits per heavy atom. The van der Waals surface area contributed by atoms with Crippen molar-refractivity contribution in [3.8, 4) is 0 Å². The van der Waals surface area contributed by atoms with Gasteiger partial charge in [0.1, 0.15) is 11.5 Å². The molecule has 16 nitrogen and oxygen atoms in total. The molecule has 2 aromatic heterocycles. The van der Waals surface area contributed by atoms with Crippen molar-refractivity contribution in [2.45, 2.75) is 50.9 Å². The van der Waals surface area contributed by atoms with Crippen molar-refractivity contribution in [2.24, 2.45) is 16.8 Å². The lowest BCUT2D eigenvalue weighted by Gasteiger charge is -2.50. The average molecular weight is 708 g/mol. The molecule has 5 heterocycles. The number of oxime groups is 1. The number of amides is 1. The number of Topliss-reactive ketones (excluding diaryl/α,β-unsaturated/α-hetero) is 1. The molecule has 1 aromatic carbocycles. The van der Waals surface area contributed by atoms with Gasteiger partial charge in [-0.05, 0) is 19.4 Å². The fourth-order valence-electron chi connectivity index (χ4n) is 5.86. The van der Waals surface area contributed by atoms with Crippen molar-refractivity contribution in [1.82, 2.24) is 14.6 Å². The number of aliphatic carboxylic acids is 2. The van der Waals surface area contributed by atoms with E-state index in [0.717, 1.165) is 29.3 Å². The summed E-state index contributed by atoms with van der Waals surface area (Å²) >= 11 is 2.40. The molecular formula is C31H33N9O7S2. The molecule has 18 heteroatoms. The molecule has 6 rings (SSSR count). The van der Waals surface area contributed by atoms with E-state index in [9.17, 15) is 29.4 Å². The molecule has 1 fully saturated rings. The Balaban J connectivity index is 1.17. The summed E-state index contributed by atoms with van der Waals surface area (Å²) in [5, 5.41) is 34.2. The van der Waals surface area contributed by atoms with Crippen molar-refractivity contribution in [2.75, 3.05) is 22.9 Å². The normalized spacial score (nSPS) is 19.0. The van der Waals surface area contributed by atoms with Gasteiger partial charge in [-0.2, -0.15) is 0 Å². The maximum atomic E-state index is 13.5. The molecule has 3 aliphatic heterocycles. The number of aromatic nitrogens is 3. The topological polar surface area (TPSA) is 237 Å². The van der Waals surface area contributed by atoms with Gasteiger partial charge in [0.25, 0.3) is 0 Å². The number of nitrogens with two attached hydrogens (primary N) is 2. The number of carboxylic acids is 2. The number of carboxylic acid groups (broad SMARTS) is 2. The molecule has 1 amide bonds. The molecule has 0 aliphatic carbocycles. The van der Waals surface area contributed by atoms with Crippen LogP contribution in [0.4, 0.5) is 10.9 Å². The molecule has 3 aliphatic rings. The van der Waals surface area contributed by atoms with Crippen LogP contribution in [0, 0.1) is 11.3 Å². The third kappa shape index (κ3) is 6.48. The van der Waals surface area contributed by atoms with E-state index in [1.165, 1.54) is 35.9 Å². The molecular weight excluding hydrogens is 675 g/mol. The maximum Gasteiger partial charge on any atom is 0.350 e. The Hall–Kier alpha value is -5.23. The van der Waals surface area contributed by atoms with Crippen molar-refractivity contribution in [3.05, 3.63) is 70.0 Å². The second-order valence-corrected chi connectivity index (χ2v) is 14.2. The van der Waals surface area contributed by atoms with Crippen molar-refractivity contribution < 1.29 is 38.9 Å². The first-order valence-electron chi connectivity index (χ1n) is 15.1. The van der Waals surface area contributed by atoms with Crippen LogP contribution in [0.1, 0.15) is 37.1 Å². The molecule has 2 atom stereocenters. The first-order chi connectivity index (χ1) is 23.2. The van der Waals surface area contributed by atoms with E-state index in [4.69, 9.17) is 21.7 Å². The second kappa shape index (κ2) is 13.0. The van der Waals surface area contributed by atoms with Gasteiger partial charge in [-0.3, -0.25) is 19.9 Å². The monoisotopic (exact) mass is 707 g/mol. The smallest absolute Gasteiger partial charge is 0.350 e. The Bertz CT molecular complexity index is 1930. The number of anilines is 2. The van der Waals surface area contributed by atoms with Gasteiger partial charge in [0.15, 0.2) is 35.2 Å². The number of thiazole rings is 1. The molecule has 0 bridgehead atoms. The number of nitrogens with one attached hydrogen (secondary N) is 1. The summed E-state index contributed by atoms with van der Waals surface area (Å²) in [4.78, 5) is 63.5. The Morgan fingerprint density at radius 1 is 1.22 bits per heavy atom. The van der Waals surface area contributed by atoms with Crippen LogP contribution in [0.2, 0.25) is 0 Å². The largest absolute Gasteiger partial charge is 0.543 e. The van der Waals surface area contributed by atoms with Crippen LogP contribution in [0.5, 0.6) is 0 Å². The number of β-lactam (4-membered cyclic amide) rings is 1. The summed E-state index contributed by atoms with van der Waals surface area (Å²) in [6, 6.07) is 9.46. The van der Waals surface area contributed by atoms with Gasteiger partial charge in [0.2, 0.25) is 11.5 Å². The minimum atomic E-state index is -1.75. The SMILES string of the molecule is CC(C)(O/N=C(\C(=O)C[C@@H]1C(=O)N2C(C(=O)[O-])=C(C[n+]3ccc4n3CCN4Cc3ccc(C(=N)N)cc3)CS[C@H]12)c1csc(N)n1)C(=O)O. The lowest BCUT2D eigenvalue weighted by Crippen LogP contribution is -2.63. The number of hydrogen-bond acceptors (Lipinski definition) is 13. The zero-order chi connectivity index (χ0) is 35.2. The maximum absolute atomic E-state index is 13.5. The number of amidine groups is 1. The number of nitrogen functional groups attached to an aromatic ring is 2. The Labute approximate surface area is 288 Å². The summed E-state index contributed by atoms with van der Waals surface area (Å²) in [5.41, 5.74) is 11.4. The summed E-state index contributed by atoms with van der Waals surface area (Å²) in [6.07, 6.45) is 1.54. The Kier molecular flexibility index (Phi) is 8.93. The lowest BCUT2D eigenvalue weighted by molar-refractivity contribution is -0.766. The van der Waals surface area contributed by atoms with Crippen molar-refractivity contribution in [3.63, 3.8) is 0 Å². The molecule has 6 N–H and O–H groups in total. The summed E-state index contributed by atoms with van der Waals surface area (Å²) in [5.74, 6) is -3.55. The van der Waals surface area contributed by atoms with E-state index in [1.807, 2.05) is 41.2 Å². The number of fused-ring (bicyclic) bond motifs is 2. The number of rotatable bonds is 13. The second-order valence-electron chi connectivity index (χ2n) is 12.2. The fraction of sp³-hybridized carbons (Fsp3) is 0.355. The molecule has 0 unspecified atom stereocenters. The van der Waals surface area contributed by atoms with Crippen molar-refractivity contribution in [1.29, 1.82) is 5.41 Å². The van der Waals surface area contributed by atoms with E-state index in [0.29, 0.717) is 30.0 Å². The van der Waals surface area contributed by atoms with Gasteiger partial charge >= 0.3 is 5.97 Å². The molecule has 49 heavy (non-hydrogen) atoms. The van der Waals surface area contributed by atoms with E-state index in [-0.39, 0.29) is 41.0 Å². The zero-order valence-corrected chi connectivity index (χ0v) is 28.1. The summed E-state index contributed by atoms with van der Waals surface area (Å²) < 4.78 is 3.97. The minimum Gasteiger partial charge on any atom is -0.543 e. The van der Waals surface area contributed by atoms with Gasteiger partial charge in [0.05, 0.1) is 35.6 Å². The molecule has 0 spiro atoms. The number of carbonyl (C=O) groups excluding carboxylic acids is 3. The molecule has 3 aromatic rings. The van der Waals surface area contributed by atoms with Gasteiger partial charge in [-0.15, -0.1) is 32.5 Å². The first kappa shape index (κ1) is 33.7. The predicted molar refractivity (Wildman–Crippen MR) is 177 cm³/mol. The molecule has 0 radical (unpaired) electrons. The zero-order valence-electron chi connectivity index (χ0n) is 26.5. The van der Waals surface area contributed by atoms with Crippen LogP contribution in [-0.4, -0.2) is 78.1 Å². The summed E-state index contributed by atoms with van der Waals surface area (Å²) in [6.45, 7) is 4.80. The molecule has 1 saturated heterocycles. The highest BCUT2D eigenvalue weighted by atomic mass is 32.2. The average Bonchev–Trinajstić information content (AvgIpc) is 3.78. The van der Waals surface area contributed by atoms with Crippen LogP contribution >= 0.6 is 23.1 Å². The quantitative estimate of drug-likeness (QED) is 0.0599. The van der Waals surface area contributed by atoms with Gasteiger partial charge < -0.3 is 36.2 Å². The molecule has 0 saturated carbocycles. The van der Waals surface area contributed by atoms with Gasteiger partial charge in [-0.1, -0.05) is 29.4 Å². The predicted octanol–water partition coefficient (Wildman–Crippen LogP) is -0.103. The van der Waals surface area contributed by atoms with Gasteiger partial charge in [-0.25, -0.2) is 9.78 Å². The van der Waals surface area contributed by atoms with Crippen molar-refractivity contribution >= 4 is 69.2 Å². The lowest BCUT2D eigenvalue weighted by atomic mass is 9.89. The first-order valence-corrected chi connectivity index (χ1v) is 17.1. The summed E-state index contributed by atoms with van der Waals surface area (Å²) in [7, 11) is 0. The van der Waals surface area contributed by atoms with Crippen LogP contribution < -0.4 is 26.2 Å². The standard InChI is InChI=1S/C31H33N9O7S2/c1-31(2,29(45)46)47-36-23(20-15-49-30(34)35-20)21(41)11-19-26(42)40-24(28(43)44)18(14-48-27(19)40)13-38-8-7-22-37(9-10-39(22)38)12-16-3-5-17(6-4-16)25(32)33/h3-8,15,19,27H,9-14H2,1-2H3,(H6-,32,33,34,35,43,44,45,46)/b36-23-/t19-,27-/m1/s1. The fourth-order valence-corrected chi connectivity index (χ4v) is 7.81.